The number of rotatable bonds is 4. The maximum atomic E-state index is 6.21. The predicted molar refractivity (Wildman–Crippen MR) is 72.6 cm³/mol. The molecule has 1 aromatic carbocycles. The Morgan fingerprint density at radius 2 is 1.75 bits per heavy atom. The van der Waals surface area contributed by atoms with Crippen molar-refractivity contribution in [3.05, 3.63) is 33.8 Å². The molecule has 1 rings (SSSR count). The molecule has 0 bridgehead atoms. The topological polar surface area (TPSA) is 12.0 Å². The molecule has 0 saturated heterocycles. The van der Waals surface area contributed by atoms with Crippen molar-refractivity contribution >= 4 is 23.2 Å². The monoisotopic (exact) mass is 259 g/mol. The van der Waals surface area contributed by atoms with E-state index in [4.69, 9.17) is 23.2 Å². The zero-order valence-corrected chi connectivity index (χ0v) is 11.7. The molecule has 3 heteroatoms. The number of halogens is 2. The van der Waals surface area contributed by atoms with Crippen LogP contribution < -0.4 is 5.32 Å². The number of hydrogen-bond acceptors (Lipinski definition) is 1. The number of benzene rings is 1. The molecule has 1 aromatic rings. The highest BCUT2D eigenvalue weighted by Crippen LogP contribution is 2.31. The van der Waals surface area contributed by atoms with Crippen LogP contribution in [-0.4, -0.2) is 13.1 Å². The van der Waals surface area contributed by atoms with E-state index in [2.05, 4.69) is 26.1 Å². The molecule has 1 nitrogen and oxygen atoms in total. The summed E-state index contributed by atoms with van der Waals surface area (Å²) in [4.78, 5) is 0. The minimum Gasteiger partial charge on any atom is -0.316 e. The molecule has 0 aliphatic rings. The van der Waals surface area contributed by atoms with Crippen molar-refractivity contribution in [2.75, 3.05) is 7.05 Å². The lowest BCUT2D eigenvalue weighted by atomic mass is 9.86. The molecule has 0 fully saturated rings. The molecular formula is C13H19Cl2N. The Hall–Kier alpha value is -0.240. The van der Waals surface area contributed by atoms with Gasteiger partial charge < -0.3 is 5.32 Å². The molecule has 0 amide bonds. The van der Waals surface area contributed by atoms with Gasteiger partial charge in [-0.25, -0.2) is 0 Å². The Morgan fingerprint density at radius 3 is 2.25 bits per heavy atom. The van der Waals surface area contributed by atoms with Gasteiger partial charge in [0.25, 0.3) is 0 Å². The zero-order valence-electron chi connectivity index (χ0n) is 10.2. The maximum Gasteiger partial charge on any atom is 0.0442 e. The molecule has 0 aliphatic heterocycles. The summed E-state index contributed by atoms with van der Waals surface area (Å²) < 4.78 is 0. The van der Waals surface area contributed by atoms with Gasteiger partial charge in [-0.2, -0.15) is 0 Å². The highest BCUT2D eigenvalue weighted by Gasteiger charge is 2.22. The predicted octanol–water partition coefficient (Wildman–Crippen LogP) is 4.34. The van der Waals surface area contributed by atoms with Gasteiger partial charge in [0.2, 0.25) is 0 Å². The zero-order chi connectivity index (χ0) is 12.3. The van der Waals surface area contributed by atoms with Gasteiger partial charge in [-0.05, 0) is 42.6 Å². The highest BCUT2D eigenvalue weighted by atomic mass is 35.5. The van der Waals surface area contributed by atoms with Crippen molar-refractivity contribution in [1.82, 2.24) is 5.32 Å². The Bertz CT molecular complexity index is 350. The smallest absolute Gasteiger partial charge is 0.0442 e. The van der Waals surface area contributed by atoms with E-state index in [0.29, 0.717) is 17.9 Å². The van der Waals surface area contributed by atoms with Crippen LogP contribution >= 0.6 is 23.2 Å². The first-order valence-corrected chi connectivity index (χ1v) is 6.35. The Morgan fingerprint density at radius 1 is 1.12 bits per heavy atom. The lowest BCUT2D eigenvalue weighted by Crippen LogP contribution is -2.35. The van der Waals surface area contributed by atoms with Crippen molar-refractivity contribution < 1.29 is 0 Å². The van der Waals surface area contributed by atoms with Crippen LogP contribution in [0.2, 0.25) is 10.0 Å². The third kappa shape index (κ3) is 3.13. The first kappa shape index (κ1) is 13.8. The van der Waals surface area contributed by atoms with Gasteiger partial charge in [0, 0.05) is 16.1 Å². The van der Waals surface area contributed by atoms with Gasteiger partial charge in [0.05, 0.1) is 0 Å². The second kappa shape index (κ2) is 5.90. The molecule has 0 aliphatic carbocycles. The van der Waals surface area contributed by atoms with Gasteiger partial charge in [-0.1, -0.05) is 44.0 Å². The van der Waals surface area contributed by atoms with Crippen LogP contribution in [0.15, 0.2) is 18.2 Å². The summed E-state index contributed by atoms with van der Waals surface area (Å²) in [5.41, 5.74) is 1.11. The summed E-state index contributed by atoms with van der Waals surface area (Å²) in [7, 11) is 1.99. The molecule has 90 valence electrons. The van der Waals surface area contributed by atoms with E-state index >= 15 is 0 Å². The molecule has 16 heavy (non-hydrogen) atoms. The van der Waals surface area contributed by atoms with Crippen LogP contribution in [0.25, 0.3) is 0 Å². The second-order valence-corrected chi connectivity index (χ2v) is 5.36. The van der Waals surface area contributed by atoms with E-state index in [-0.39, 0.29) is 0 Å². The van der Waals surface area contributed by atoms with Gasteiger partial charge in [0.15, 0.2) is 0 Å². The summed E-state index contributed by atoms with van der Waals surface area (Å²) in [6.07, 6.45) is 0. The third-order valence-electron chi connectivity index (χ3n) is 3.04. The van der Waals surface area contributed by atoms with Crippen molar-refractivity contribution in [2.45, 2.75) is 32.7 Å². The van der Waals surface area contributed by atoms with Crippen molar-refractivity contribution in [2.24, 2.45) is 5.92 Å². The third-order valence-corrected chi connectivity index (χ3v) is 3.62. The van der Waals surface area contributed by atoms with Crippen LogP contribution in [0.3, 0.4) is 0 Å². The molecule has 2 atom stereocenters. The maximum absolute atomic E-state index is 6.21. The van der Waals surface area contributed by atoms with Crippen LogP contribution in [-0.2, 0) is 0 Å². The Balaban J connectivity index is 3.02. The van der Waals surface area contributed by atoms with E-state index in [1.165, 1.54) is 0 Å². The van der Waals surface area contributed by atoms with Gasteiger partial charge in [0.1, 0.15) is 0 Å². The van der Waals surface area contributed by atoms with Crippen LogP contribution in [0.1, 0.15) is 32.3 Å². The lowest BCUT2D eigenvalue weighted by Gasteiger charge is -2.28. The first-order chi connectivity index (χ1) is 7.47. The second-order valence-electron chi connectivity index (χ2n) is 4.51. The average molecular weight is 260 g/mol. The fourth-order valence-electron chi connectivity index (χ4n) is 2.22. The molecule has 0 radical (unpaired) electrons. The number of hydrogen-bond donors (Lipinski definition) is 1. The molecule has 1 N–H and O–H groups in total. The fourth-order valence-corrected chi connectivity index (χ4v) is 2.69. The quantitative estimate of drug-likeness (QED) is 0.849. The molecule has 0 spiro atoms. The van der Waals surface area contributed by atoms with Gasteiger partial charge >= 0.3 is 0 Å². The summed E-state index contributed by atoms with van der Waals surface area (Å²) in [6.45, 7) is 6.59. The Kier molecular flexibility index (Phi) is 5.10. The van der Waals surface area contributed by atoms with Gasteiger partial charge in [-0.3, -0.25) is 0 Å². The summed E-state index contributed by atoms with van der Waals surface area (Å²) in [6, 6.07) is 6.05. The lowest BCUT2D eigenvalue weighted by molar-refractivity contribution is 0.376. The van der Waals surface area contributed by atoms with Crippen molar-refractivity contribution in [3.8, 4) is 0 Å². The highest BCUT2D eigenvalue weighted by molar-refractivity contribution is 6.33. The van der Waals surface area contributed by atoms with E-state index < -0.39 is 0 Å². The van der Waals surface area contributed by atoms with Crippen LogP contribution in [0.5, 0.6) is 0 Å². The average Bonchev–Trinajstić information content (AvgIpc) is 2.22. The fraction of sp³-hybridized carbons (Fsp3) is 0.538. The number of likely N-dealkylation sites (N-methyl/N-ethyl adjacent to an activating group) is 1. The van der Waals surface area contributed by atoms with Crippen LogP contribution in [0, 0.1) is 5.92 Å². The minimum atomic E-state index is 0.344. The Labute approximate surface area is 108 Å². The molecular weight excluding hydrogens is 241 g/mol. The van der Waals surface area contributed by atoms with E-state index in [0.717, 1.165) is 15.6 Å². The largest absolute Gasteiger partial charge is 0.316 e. The summed E-state index contributed by atoms with van der Waals surface area (Å²) in [5.74, 6) is 0.895. The number of nitrogens with one attached hydrogen (secondary N) is 1. The molecule has 2 unspecified atom stereocenters. The SMILES string of the molecule is CNC(C(C)C)C(C)c1cc(Cl)ccc1Cl. The first-order valence-electron chi connectivity index (χ1n) is 5.59. The molecule has 0 saturated carbocycles. The summed E-state index contributed by atoms with van der Waals surface area (Å²) >= 11 is 12.2. The minimum absolute atomic E-state index is 0.344. The van der Waals surface area contributed by atoms with E-state index in [1.807, 2.05) is 25.2 Å². The van der Waals surface area contributed by atoms with Crippen molar-refractivity contribution in [1.29, 1.82) is 0 Å². The van der Waals surface area contributed by atoms with Crippen molar-refractivity contribution in [3.63, 3.8) is 0 Å². The summed E-state index contributed by atoms with van der Waals surface area (Å²) in [5, 5.41) is 4.87. The van der Waals surface area contributed by atoms with E-state index in [9.17, 15) is 0 Å². The molecule has 0 aromatic heterocycles. The molecule has 0 heterocycles. The van der Waals surface area contributed by atoms with E-state index in [1.54, 1.807) is 0 Å². The van der Waals surface area contributed by atoms with Gasteiger partial charge in [-0.15, -0.1) is 0 Å². The normalized spacial score (nSPS) is 15.2. The van der Waals surface area contributed by atoms with Crippen LogP contribution in [0.4, 0.5) is 0 Å². The standard InChI is InChI=1S/C13H19Cl2N/c1-8(2)13(16-4)9(3)11-7-10(14)5-6-12(11)15/h5-9,13,16H,1-4H3.